The van der Waals surface area contributed by atoms with Gasteiger partial charge in [0, 0.05) is 49.7 Å². The maximum absolute atomic E-state index is 13.0. The van der Waals surface area contributed by atoms with Gasteiger partial charge in [-0.1, -0.05) is 12.1 Å². The molecule has 1 aliphatic rings. The molecular formula is C19H26FN5OS. The van der Waals surface area contributed by atoms with Gasteiger partial charge in [-0.15, -0.1) is 0 Å². The highest BCUT2D eigenvalue weighted by atomic mass is 32.1. The van der Waals surface area contributed by atoms with Gasteiger partial charge >= 0.3 is 6.03 Å². The molecule has 0 spiro atoms. The second-order valence-corrected chi connectivity index (χ2v) is 8.53. The van der Waals surface area contributed by atoms with E-state index in [2.05, 4.69) is 19.6 Å². The fourth-order valence-electron chi connectivity index (χ4n) is 2.94. The van der Waals surface area contributed by atoms with Crippen molar-refractivity contribution >= 4 is 22.7 Å². The first-order valence-corrected chi connectivity index (χ1v) is 9.96. The number of halogens is 1. The average Bonchev–Trinajstić information content (AvgIpc) is 2.90. The summed E-state index contributed by atoms with van der Waals surface area (Å²) in [6.45, 7) is 8.94. The summed E-state index contributed by atoms with van der Waals surface area (Å²) >= 11 is 1.38. The summed E-state index contributed by atoms with van der Waals surface area (Å²) in [4.78, 5) is 21.1. The first-order chi connectivity index (χ1) is 12.8. The van der Waals surface area contributed by atoms with Crippen molar-refractivity contribution in [2.24, 2.45) is 0 Å². The van der Waals surface area contributed by atoms with Crippen LogP contribution in [0.2, 0.25) is 0 Å². The Labute approximate surface area is 163 Å². The summed E-state index contributed by atoms with van der Waals surface area (Å²) in [5.41, 5.74) is 0.749. The molecule has 0 radical (unpaired) electrons. The first kappa shape index (κ1) is 19.5. The predicted octanol–water partition coefficient (Wildman–Crippen LogP) is 3.29. The van der Waals surface area contributed by atoms with Crippen molar-refractivity contribution in [1.29, 1.82) is 0 Å². The normalized spacial score (nSPS) is 15.6. The Kier molecular flexibility index (Phi) is 5.94. The fraction of sp³-hybridized carbons (Fsp3) is 0.526. The van der Waals surface area contributed by atoms with E-state index in [1.165, 1.54) is 23.7 Å². The number of urea groups is 1. The number of nitrogens with one attached hydrogen (secondary N) is 1. The predicted molar refractivity (Wildman–Crippen MR) is 106 cm³/mol. The highest BCUT2D eigenvalue weighted by Crippen LogP contribution is 2.21. The van der Waals surface area contributed by atoms with E-state index in [1.807, 2.05) is 25.7 Å². The Morgan fingerprint density at radius 1 is 1.19 bits per heavy atom. The molecule has 0 saturated carbocycles. The first-order valence-electron chi connectivity index (χ1n) is 9.19. The number of benzene rings is 1. The molecule has 1 aromatic heterocycles. The van der Waals surface area contributed by atoms with Crippen LogP contribution in [0.3, 0.4) is 0 Å². The molecule has 2 amide bonds. The number of carbonyl (C=O) groups excluding carboxylic acids is 1. The lowest BCUT2D eigenvalue weighted by molar-refractivity contribution is 0.192. The summed E-state index contributed by atoms with van der Waals surface area (Å²) in [6, 6.07) is 6.41. The molecule has 1 aliphatic heterocycles. The molecule has 27 heavy (non-hydrogen) atoms. The van der Waals surface area contributed by atoms with Gasteiger partial charge in [-0.2, -0.15) is 4.37 Å². The summed E-state index contributed by atoms with van der Waals surface area (Å²) in [5.74, 6) is 0.503. The Hall–Kier alpha value is -2.22. The highest BCUT2D eigenvalue weighted by molar-refractivity contribution is 7.09. The van der Waals surface area contributed by atoms with Crippen LogP contribution >= 0.6 is 11.5 Å². The molecule has 8 heteroatoms. The van der Waals surface area contributed by atoms with E-state index >= 15 is 0 Å². The number of anilines is 1. The van der Waals surface area contributed by atoms with Gasteiger partial charge in [-0.25, -0.2) is 14.2 Å². The third kappa shape index (κ3) is 5.63. The third-order valence-electron chi connectivity index (χ3n) is 4.27. The molecule has 146 valence electrons. The minimum absolute atomic E-state index is 0.0152. The maximum atomic E-state index is 13.0. The van der Waals surface area contributed by atoms with Crippen molar-refractivity contribution in [3.8, 4) is 0 Å². The van der Waals surface area contributed by atoms with Crippen LogP contribution in [0, 0.1) is 5.82 Å². The highest BCUT2D eigenvalue weighted by Gasteiger charge is 2.23. The van der Waals surface area contributed by atoms with Gasteiger partial charge in [0.2, 0.25) is 5.13 Å². The van der Waals surface area contributed by atoms with Crippen LogP contribution in [-0.2, 0) is 6.42 Å². The molecule has 2 heterocycles. The molecule has 0 unspecified atom stereocenters. The van der Waals surface area contributed by atoms with Crippen molar-refractivity contribution in [2.75, 3.05) is 31.1 Å². The second kappa shape index (κ2) is 8.21. The van der Waals surface area contributed by atoms with Crippen molar-refractivity contribution < 1.29 is 9.18 Å². The van der Waals surface area contributed by atoms with E-state index < -0.39 is 0 Å². The Morgan fingerprint density at radius 2 is 1.93 bits per heavy atom. The average molecular weight is 392 g/mol. The van der Waals surface area contributed by atoms with Crippen molar-refractivity contribution in [3.05, 3.63) is 41.5 Å². The van der Waals surface area contributed by atoms with Crippen LogP contribution in [0.5, 0.6) is 0 Å². The zero-order chi connectivity index (χ0) is 19.4. The summed E-state index contributed by atoms with van der Waals surface area (Å²) in [5, 5.41) is 3.90. The summed E-state index contributed by atoms with van der Waals surface area (Å²) in [6.07, 6.45) is 1.48. The SMILES string of the molecule is CC(C)(C)NC(=O)N1CCCN(c2nc(Cc3ccc(F)cc3)ns2)CC1. The number of hydrogen-bond acceptors (Lipinski definition) is 5. The van der Waals surface area contributed by atoms with Gasteiger partial charge in [-0.05, 0) is 44.9 Å². The molecular weight excluding hydrogens is 365 g/mol. The van der Waals surface area contributed by atoms with Crippen molar-refractivity contribution in [1.82, 2.24) is 19.6 Å². The molecule has 1 fully saturated rings. The number of nitrogens with zero attached hydrogens (tertiary/aromatic N) is 4. The standard InChI is InChI=1S/C19H26FN5OS/c1-19(2,3)22-17(26)24-9-4-10-25(12-11-24)18-21-16(23-27-18)13-14-5-7-15(20)8-6-14/h5-8H,4,9-13H2,1-3H3,(H,22,26). The molecule has 0 atom stereocenters. The molecule has 6 nitrogen and oxygen atoms in total. The van der Waals surface area contributed by atoms with Gasteiger partial charge < -0.3 is 15.1 Å². The maximum Gasteiger partial charge on any atom is 0.317 e. The fourth-order valence-corrected chi connectivity index (χ4v) is 3.68. The minimum Gasteiger partial charge on any atom is -0.345 e. The van der Waals surface area contributed by atoms with Crippen LogP contribution in [0.25, 0.3) is 0 Å². The molecule has 1 saturated heterocycles. The van der Waals surface area contributed by atoms with E-state index in [0.717, 1.165) is 42.6 Å². The lowest BCUT2D eigenvalue weighted by Crippen LogP contribution is -2.49. The monoisotopic (exact) mass is 391 g/mol. The van der Waals surface area contributed by atoms with Crippen LogP contribution in [-0.4, -0.2) is 52.0 Å². The smallest absolute Gasteiger partial charge is 0.317 e. The molecule has 3 rings (SSSR count). The second-order valence-electron chi connectivity index (χ2n) is 7.80. The van der Waals surface area contributed by atoms with E-state index in [9.17, 15) is 9.18 Å². The molecule has 1 aromatic carbocycles. The zero-order valence-corrected chi connectivity index (χ0v) is 16.9. The number of aromatic nitrogens is 2. The van der Waals surface area contributed by atoms with E-state index in [1.54, 1.807) is 12.1 Å². The topological polar surface area (TPSA) is 61.4 Å². The lowest BCUT2D eigenvalue weighted by Gasteiger charge is -2.27. The van der Waals surface area contributed by atoms with Crippen LogP contribution in [0.4, 0.5) is 14.3 Å². The zero-order valence-electron chi connectivity index (χ0n) is 16.0. The number of hydrogen-bond donors (Lipinski definition) is 1. The van der Waals surface area contributed by atoms with Gasteiger partial charge in [-0.3, -0.25) is 0 Å². The Bertz CT molecular complexity index is 771. The van der Waals surface area contributed by atoms with Gasteiger partial charge in [0.1, 0.15) is 11.6 Å². The van der Waals surface area contributed by atoms with Crippen LogP contribution in [0.1, 0.15) is 38.6 Å². The molecule has 1 N–H and O–H groups in total. The molecule has 0 aliphatic carbocycles. The lowest BCUT2D eigenvalue weighted by atomic mass is 10.1. The van der Waals surface area contributed by atoms with Crippen LogP contribution in [0.15, 0.2) is 24.3 Å². The third-order valence-corrected chi connectivity index (χ3v) is 5.08. The molecule has 2 aromatic rings. The summed E-state index contributed by atoms with van der Waals surface area (Å²) < 4.78 is 17.5. The summed E-state index contributed by atoms with van der Waals surface area (Å²) in [7, 11) is 0. The Morgan fingerprint density at radius 3 is 2.63 bits per heavy atom. The van der Waals surface area contributed by atoms with Gasteiger partial charge in [0.25, 0.3) is 0 Å². The number of rotatable bonds is 3. The van der Waals surface area contributed by atoms with Gasteiger partial charge in [0.05, 0.1) is 0 Å². The minimum atomic E-state index is -0.240. The van der Waals surface area contributed by atoms with Crippen molar-refractivity contribution in [2.45, 2.75) is 39.2 Å². The van der Waals surface area contributed by atoms with E-state index in [0.29, 0.717) is 13.0 Å². The largest absolute Gasteiger partial charge is 0.345 e. The molecule has 0 bridgehead atoms. The quantitative estimate of drug-likeness (QED) is 0.872. The van der Waals surface area contributed by atoms with Gasteiger partial charge in [0.15, 0.2) is 0 Å². The van der Waals surface area contributed by atoms with E-state index in [-0.39, 0.29) is 17.4 Å². The number of carbonyl (C=O) groups is 1. The van der Waals surface area contributed by atoms with E-state index in [4.69, 9.17) is 0 Å². The van der Waals surface area contributed by atoms with Crippen molar-refractivity contribution in [3.63, 3.8) is 0 Å². The van der Waals surface area contributed by atoms with Crippen LogP contribution < -0.4 is 10.2 Å². The number of amides is 2. The Balaban J connectivity index is 1.58.